The molecule has 1 aliphatic carbocycles. The van der Waals surface area contributed by atoms with Crippen LogP contribution in [0.15, 0.2) is 29.2 Å². The number of carbonyl (C=O) groups is 1. The summed E-state index contributed by atoms with van der Waals surface area (Å²) in [5.74, 6) is 1.67. The van der Waals surface area contributed by atoms with Crippen molar-refractivity contribution in [3.63, 3.8) is 0 Å². The molecule has 1 saturated carbocycles. The third-order valence-corrected chi connectivity index (χ3v) is 9.23. The van der Waals surface area contributed by atoms with Crippen molar-refractivity contribution in [1.82, 2.24) is 9.21 Å². The van der Waals surface area contributed by atoms with Crippen molar-refractivity contribution in [2.75, 3.05) is 19.6 Å². The predicted molar refractivity (Wildman–Crippen MR) is 114 cm³/mol. The van der Waals surface area contributed by atoms with Gasteiger partial charge in [-0.25, -0.2) is 8.42 Å². The second kappa shape index (κ2) is 8.76. The Balaban J connectivity index is 1.36. The Morgan fingerprint density at radius 1 is 0.966 bits per heavy atom. The molecule has 1 aromatic rings. The average Bonchev–Trinajstić information content (AvgIpc) is 3.29. The molecule has 3 atom stereocenters. The lowest BCUT2D eigenvalue weighted by Crippen LogP contribution is -2.52. The minimum absolute atomic E-state index is 0.266. The van der Waals surface area contributed by atoms with Crippen LogP contribution in [0.25, 0.3) is 0 Å². The average molecular weight is 419 g/mol. The summed E-state index contributed by atoms with van der Waals surface area (Å²) in [6.45, 7) is 4.49. The lowest BCUT2D eigenvalue weighted by Gasteiger charge is -2.47. The highest BCUT2D eigenvalue weighted by atomic mass is 32.2. The van der Waals surface area contributed by atoms with Crippen LogP contribution in [0, 0.1) is 11.8 Å². The molecule has 4 rings (SSSR count). The maximum absolute atomic E-state index is 13.0. The lowest BCUT2D eigenvalue weighted by molar-refractivity contribution is -0.139. The van der Waals surface area contributed by atoms with Gasteiger partial charge in [-0.15, -0.1) is 0 Å². The maximum atomic E-state index is 13.0. The maximum Gasteiger partial charge on any atom is 0.243 e. The highest BCUT2D eigenvalue weighted by Gasteiger charge is 2.39. The Labute approximate surface area is 175 Å². The number of aryl methyl sites for hydroxylation is 1. The van der Waals surface area contributed by atoms with Crippen LogP contribution in [0.4, 0.5) is 0 Å². The van der Waals surface area contributed by atoms with Gasteiger partial charge in [-0.3, -0.25) is 4.79 Å². The molecule has 0 spiro atoms. The van der Waals surface area contributed by atoms with Gasteiger partial charge in [-0.05, 0) is 68.1 Å². The van der Waals surface area contributed by atoms with Crippen LogP contribution in [0.5, 0.6) is 0 Å². The predicted octanol–water partition coefficient (Wildman–Crippen LogP) is 3.83. The quantitative estimate of drug-likeness (QED) is 0.730. The van der Waals surface area contributed by atoms with Gasteiger partial charge in [0.25, 0.3) is 0 Å². The third-order valence-electron chi connectivity index (χ3n) is 7.31. The summed E-state index contributed by atoms with van der Waals surface area (Å²) < 4.78 is 26.9. The van der Waals surface area contributed by atoms with Crippen molar-refractivity contribution in [3.8, 4) is 0 Å². The molecule has 2 aliphatic heterocycles. The van der Waals surface area contributed by atoms with Crippen molar-refractivity contribution in [2.45, 2.75) is 75.6 Å². The molecule has 3 unspecified atom stereocenters. The van der Waals surface area contributed by atoms with E-state index in [-0.39, 0.29) is 5.91 Å². The van der Waals surface area contributed by atoms with Gasteiger partial charge in [0.1, 0.15) is 0 Å². The van der Waals surface area contributed by atoms with Crippen LogP contribution in [0.1, 0.15) is 63.9 Å². The minimum Gasteiger partial charge on any atom is -0.339 e. The van der Waals surface area contributed by atoms with Crippen molar-refractivity contribution in [3.05, 3.63) is 29.8 Å². The standard InChI is InChI=1S/C23H34N2O3S/c1-18-14-17-25(22-7-3-2-6-21(18)22)23(26)13-10-19-8-11-20(12-9-19)29(27,28)24-15-4-5-16-24/h8-9,11-12,18,21-22H,2-7,10,13-17H2,1H3. The largest absolute Gasteiger partial charge is 0.339 e. The second-order valence-electron chi connectivity index (χ2n) is 9.12. The highest BCUT2D eigenvalue weighted by molar-refractivity contribution is 7.89. The fourth-order valence-corrected chi connectivity index (χ4v) is 7.04. The van der Waals surface area contributed by atoms with Crippen LogP contribution < -0.4 is 0 Å². The molecular formula is C23H34N2O3S. The van der Waals surface area contributed by atoms with Gasteiger partial charge in [-0.1, -0.05) is 31.9 Å². The molecule has 5 nitrogen and oxygen atoms in total. The zero-order valence-electron chi connectivity index (χ0n) is 17.6. The number of hydrogen-bond donors (Lipinski definition) is 0. The zero-order chi connectivity index (χ0) is 20.4. The fraction of sp³-hybridized carbons (Fsp3) is 0.696. The fourth-order valence-electron chi connectivity index (χ4n) is 5.52. The Morgan fingerprint density at radius 2 is 1.66 bits per heavy atom. The molecule has 6 heteroatoms. The molecule has 29 heavy (non-hydrogen) atoms. The molecular weight excluding hydrogens is 384 g/mol. The number of hydrogen-bond acceptors (Lipinski definition) is 3. The number of nitrogens with zero attached hydrogens (tertiary/aromatic N) is 2. The first-order valence-electron chi connectivity index (χ1n) is 11.4. The van der Waals surface area contributed by atoms with E-state index in [0.29, 0.717) is 42.8 Å². The number of sulfonamides is 1. The van der Waals surface area contributed by atoms with Crippen LogP contribution in [0.3, 0.4) is 0 Å². The Hall–Kier alpha value is -1.40. The van der Waals surface area contributed by atoms with E-state index in [4.69, 9.17) is 0 Å². The van der Waals surface area contributed by atoms with Crippen LogP contribution in [0.2, 0.25) is 0 Å². The van der Waals surface area contributed by atoms with E-state index in [1.165, 1.54) is 19.3 Å². The van der Waals surface area contributed by atoms with Crippen molar-refractivity contribution in [2.24, 2.45) is 11.8 Å². The molecule has 3 aliphatic rings. The van der Waals surface area contributed by atoms with Gasteiger partial charge in [0, 0.05) is 32.1 Å². The van der Waals surface area contributed by atoms with Gasteiger partial charge in [-0.2, -0.15) is 4.31 Å². The third kappa shape index (κ3) is 4.38. The summed E-state index contributed by atoms with van der Waals surface area (Å²) in [6, 6.07) is 7.59. The number of rotatable bonds is 5. The summed E-state index contributed by atoms with van der Waals surface area (Å²) in [5, 5.41) is 0. The number of likely N-dealkylation sites (tertiary alicyclic amines) is 1. The summed E-state index contributed by atoms with van der Waals surface area (Å²) in [5.41, 5.74) is 1.03. The Bertz CT molecular complexity index is 815. The van der Waals surface area contributed by atoms with Gasteiger partial charge in [0.15, 0.2) is 0 Å². The zero-order valence-corrected chi connectivity index (χ0v) is 18.4. The summed E-state index contributed by atoms with van der Waals surface area (Å²) in [4.78, 5) is 15.5. The topological polar surface area (TPSA) is 57.7 Å². The summed E-state index contributed by atoms with van der Waals surface area (Å²) in [6.07, 6.45) is 9.16. The van der Waals surface area contributed by atoms with E-state index in [9.17, 15) is 13.2 Å². The minimum atomic E-state index is -3.36. The lowest BCUT2D eigenvalue weighted by atomic mass is 9.72. The summed E-state index contributed by atoms with van der Waals surface area (Å²) in [7, 11) is -3.36. The second-order valence-corrected chi connectivity index (χ2v) is 11.1. The van der Waals surface area contributed by atoms with Crippen LogP contribution in [-0.2, 0) is 21.2 Å². The number of amides is 1. The molecule has 0 aromatic heterocycles. The highest BCUT2D eigenvalue weighted by Crippen LogP contribution is 2.39. The van der Waals surface area contributed by atoms with Gasteiger partial charge in [0.2, 0.25) is 15.9 Å². The first kappa shape index (κ1) is 20.9. The van der Waals surface area contributed by atoms with E-state index < -0.39 is 10.0 Å². The van der Waals surface area contributed by atoms with E-state index in [1.54, 1.807) is 16.4 Å². The Morgan fingerprint density at radius 3 is 2.38 bits per heavy atom. The van der Waals surface area contributed by atoms with Gasteiger partial charge in [0.05, 0.1) is 4.90 Å². The van der Waals surface area contributed by atoms with Crippen LogP contribution >= 0.6 is 0 Å². The first-order chi connectivity index (χ1) is 14.0. The normalized spacial score (nSPS) is 28.3. The SMILES string of the molecule is CC1CCN(C(=O)CCc2ccc(S(=O)(=O)N3CCCC3)cc2)C2CCCCC12. The van der Waals surface area contributed by atoms with E-state index >= 15 is 0 Å². The number of carbonyl (C=O) groups excluding carboxylic acids is 1. The van der Waals surface area contributed by atoms with E-state index in [0.717, 1.165) is 43.7 Å². The molecule has 2 heterocycles. The van der Waals surface area contributed by atoms with Crippen molar-refractivity contribution < 1.29 is 13.2 Å². The molecule has 0 N–H and O–H groups in total. The molecule has 2 saturated heterocycles. The molecule has 1 amide bonds. The van der Waals surface area contributed by atoms with Crippen molar-refractivity contribution in [1.29, 1.82) is 0 Å². The van der Waals surface area contributed by atoms with Gasteiger partial charge >= 0.3 is 0 Å². The number of benzene rings is 1. The monoisotopic (exact) mass is 418 g/mol. The van der Waals surface area contributed by atoms with E-state index in [1.807, 2.05) is 12.1 Å². The number of piperidine rings is 1. The smallest absolute Gasteiger partial charge is 0.243 e. The molecule has 3 fully saturated rings. The molecule has 160 valence electrons. The van der Waals surface area contributed by atoms with Crippen LogP contribution in [-0.4, -0.2) is 49.2 Å². The molecule has 0 bridgehead atoms. The first-order valence-corrected chi connectivity index (χ1v) is 12.8. The Kier molecular flexibility index (Phi) is 6.30. The van der Waals surface area contributed by atoms with E-state index in [2.05, 4.69) is 11.8 Å². The van der Waals surface area contributed by atoms with Gasteiger partial charge < -0.3 is 4.90 Å². The molecule has 1 aromatic carbocycles. The summed E-state index contributed by atoms with van der Waals surface area (Å²) >= 11 is 0. The van der Waals surface area contributed by atoms with Crippen molar-refractivity contribution >= 4 is 15.9 Å². The molecule has 0 radical (unpaired) electrons. The number of fused-ring (bicyclic) bond motifs is 1.